The minimum absolute atomic E-state index is 0.0384. The van der Waals surface area contributed by atoms with Gasteiger partial charge in [0.2, 0.25) is 5.91 Å². The third-order valence-corrected chi connectivity index (χ3v) is 5.73. The number of amides is 1. The van der Waals surface area contributed by atoms with Crippen LogP contribution in [0, 0.1) is 5.92 Å². The number of ether oxygens (including phenoxy) is 2. The van der Waals surface area contributed by atoms with Gasteiger partial charge in [-0.3, -0.25) is 4.79 Å². The van der Waals surface area contributed by atoms with Gasteiger partial charge in [0.15, 0.2) is 21.3 Å². The van der Waals surface area contributed by atoms with E-state index in [-0.39, 0.29) is 23.7 Å². The summed E-state index contributed by atoms with van der Waals surface area (Å²) < 4.78 is 36.0. The molecule has 1 atom stereocenters. The normalized spacial score (nSPS) is 15.1. The molecule has 0 aliphatic carbocycles. The number of sulfone groups is 1. The Morgan fingerprint density at radius 1 is 1.19 bits per heavy atom. The quantitative estimate of drug-likeness (QED) is 0.682. The Kier molecular flexibility index (Phi) is 7.06. The third kappa shape index (κ3) is 6.13. The number of carbonyl (C=O) groups is 2. The van der Waals surface area contributed by atoms with Crippen LogP contribution in [-0.2, 0) is 19.4 Å². The lowest BCUT2D eigenvalue weighted by Gasteiger charge is -2.16. The Morgan fingerprint density at radius 3 is 2.48 bits per heavy atom. The fraction of sp³-hybridized carbons (Fsp3) is 0.556. The van der Waals surface area contributed by atoms with E-state index in [1.165, 1.54) is 18.2 Å². The molecule has 0 spiro atoms. The minimum Gasteiger partial charge on any atom is -0.490 e. The monoisotopic (exact) mass is 399 g/mol. The van der Waals surface area contributed by atoms with Crippen molar-refractivity contribution in [1.29, 1.82) is 0 Å². The predicted octanol–water partition coefficient (Wildman–Crippen LogP) is 1.63. The van der Waals surface area contributed by atoms with E-state index in [0.29, 0.717) is 31.1 Å². The highest BCUT2D eigenvalue weighted by Gasteiger charge is 2.24. The number of hydrogen-bond donors (Lipinski definition) is 2. The highest BCUT2D eigenvalue weighted by Crippen LogP contribution is 2.32. The summed E-state index contributed by atoms with van der Waals surface area (Å²) in [4.78, 5) is 23.2. The van der Waals surface area contributed by atoms with E-state index in [0.717, 1.165) is 0 Å². The first kappa shape index (κ1) is 21.0. The largest absolute Gasteiger partial charge is 0.490 e. The van der Waals surface area contributed by atoms with E-state index < -0.39 is 33.5 Å². The second-order valence-corrected chi connectivity index (χ2v) is 8.92. The number of rotatable bonds is 8. The van der Waals surface area contributed by atoms with Crippen LogP contribution in [0.2, 0.25) is 0 Å². The third-order valence-electron chi connectivity index (χ3n) is 4.02. The molecule has 0 saturated carbocycles. The highest BCUT2D eigenvalue weighted by atomic mass is 32.2. The van der Waals surface area contributed by atoms with Crippen LogP contribution in [0.4, 0.5) is 0 Å². The Labute approximate surface area is 158 Å². The number of carboxylic acids is 1. The van der Waals surface area contributed by atoms with Gasteiger partial charge in [-0.1, -0.05) is 13.8 Å². The molecule has 0 bridgehead atoms. The van der Waals surface area contributed by atoms with E-state index in [2.05, 4.69) is 5.32 Å². The van der Waals surface area contributed by atoms with E-state index in [9.17, 15) is 18.0 Å². The molecule has 1 heterocycles. The van der Waals surface area contributed by atoms with Crippen molar-refractivity contribution in [1.82, 2.24) is 5.32 Å². The number of nitrogens with one attached hydrogen (secondary N) is 1. The fourth-order valence-corrected chi connectivity index (χ4v) is 3.89. The molecule has 2 N–H and O–H groups in total. The molecule has 27 heavy (non-hydrogen) atoms. The summed E-state index contributed by atoms with van der Waals surface area (Å²) in [6.07, 6.45) is 0.659. The summed E-state index contributed by atoms with van der Waals surface area (Å²) in [5.41, 5.74) is 0. The number of fused-ring (bicyclic) bond motifs is 1. The summed E-state index contributed by atoms with van der Waals surface area (Å²) in [6, 6.07) is 3.32. The van der Waals surface area contributed by atoms with Crippen LogP contribution in [0.25, 0.3) is 0 Å². The van der Waals surface area contributed by atoms with Crippen molar-refractivity contribution in [3.8, 4) is 11.5 Å². The van der Waals surface area contributed by atoms with Crippen LogP contribution in [-0.4, -0.2) is 50.4 Å². The summed E-state index contributed by atoms with van der Waals surface area (Å²) >= 11 is 0. The summed E-state index contributed by atoms with van der Waals surface area (Å²) in [6.45, 7) is 4.62. The number of benzene rings is 1. The maximum absolute atomic E-state index is 12.5. The molecule has 1 aliphatic rings. The molecular formula is C18H25NO7S. The van der Waals surface area contributed by atoms with Crippen molar-refractivity contribution in [3.63, 3.8) is 0 Å². The Bertz CT molecular complexity index is 789. The van der Waals surface area contributed by atoms with E-state index in [1.807, 2.05) is 13.8 Å². The van der Waals surface area contributed by atoms with Gasteiger partial charge in [-0.15, -0.1) is 0 Å². The minimum atomic E-state index is -3.72. The van der Waals surface area contributed by atoms with Crippen LogP contribution < -0.4 is 14.8 Å². The average Bonchev–Trinajstić information content (AvgIpc) is 2.83. The molecule has 9 heteroatoms. The van der Waals surface area contributed by atoms with Crippen LogP contribution in [0.1, 0.15) is 33.1 Å². The Morgan fingerprint density at radius 2 is 1.85 bits per heavy atom. The summed E-state index contributed by atoms with van der Waals surface area (Å²) in [5, 5.41) is 11.5. The SMILES string of the molecule is CC(C)C[C@H](NC(=O)CCS(=O)(=O)c1ccc2c(c1)OCCCO2)C(=O)O. The van der Waals surface area contributed by atoms with Gasteiger partial charge in [0, 0.05) is 18.9 Å². The molecule has 1 aromatic carbocycles. The van der Waals surface area contributed by atoms with Gasteiger partial charge in [0.25, 0.3) is 0 Å². The molecular weight excluding hydrogens is 374 g/mol. The van der Waals surface area contributed by atoms with Gasteiger partial charge in [0.05, 0.1) is 23.9 Å². The van der Waals surface area contributed by atoms with Gasteiger partial charge >= 0.3 is 5.97 Å². The lowest BCUT2D eigenvalue weighted by molar-refractivity contribution is -0.142. The molecule has 0 radical (unpaired) electrons. The van der Waals surface area contributed by atoms with Crippen LogP contribution >= 0.6 is 0 Å². The summed E-state index contributed by atoms with van der Waals surface area (Å²) in [7, 11) is -3.72. The van der Waals surface area contributed by atoms with Gasteiger partial charge in [-0.2, -0.15) is 0 Å². The molecule has 1 amide bonds. The van der Waals surface area contributed by atoms with Crippen LogP contribution in [0.15, 0.2) is 23.1 Å². The van der Waals surface area contributed by atoms with E-state index in [1.54, 1.807) is 0 Å². The molecule has 0 unspecified atom stereocenters. The summed E-state index contributed by atoms with van der Waals surface area (Å²) in [5.74, 6) is -1.24. The molecule has 8 nitrogen and oxygen atoms in total. The molecule has 0 aromatic heterocycles. The van der Waals surface area contributed by atoms with Crippen LogP contribution in [0.3, 0.4) is 0 Å². The highest BCUT2D eigenvalue weighted by molar-refractivity contribution is 7.91. The van der Waals surface area contributed by atoms with Crippen LogP contribution in [0.5, 0.6) is 11.5 Å². The number of aliphatic carboxylic acids is 1. The second-order valence-electron chi connectivity index (χ2n) is 6.82. The molecule has 1 aromatic rings. The molecule has 1 aliphatic heterocycles. The van der Waals surface area contributed by atoms with Crippen molar-refractivity contribution in [2.24, 2.45) is 5.92 Å². The maximum atomic E-state index is 12.5. The zero-order chi connectivity index (χ0) is 20.0. The first-order valence-electron chi connectivity index (χ1n) is 8.83. The van der Waals surface area contributed by atoms with Crippen molar-refractivity contribution in [2.75, 3.05) is 19.0 Å². The van der Waals surface area contributed by atoms with Gasteiger partial charge in [-0.25, -0.2) is 13.2 Å². The smallest absolute Gasteiger partial charge is 0.326 e. The average molecular weight is 399 g/mol. The van der Waals surface area contributed by atoms with Gasteiger partial charge in [-0.05, 0) is 24.5 Å². The topological polar surface area (TPSA) is 119 Å². The van der Waals surface area contributed by atoms with Crippen molar-refractivity contribution < 1.29 is 32.6 Å². The van der Waals surface area contributed by atoms with Crippen molar-refractivity contribution >= 4 is 21.7 Å². The molecule has 0 fully saturated rings. The number of carbonyl (C=O) groups excluding carboxylic acids is 1. The van der Waals surface area contributed by atoms with E-state index >= 15 is 0 Å². The Hall–Kier alpha value is -2.29. The molecule has 150 valence electrons. The lowest BCUT2D eigenvalue weighted by atomic mass is 10.0. The van der Waals surface area contributed by atoms with Gasteiger partial charge < -0.3 is 19.9 Å². The standard InChI is InChI=1S/C18H25NO7S/c1-12(2)10-14(18(21)22)19-17(20)6-9-27(23,24)13-4-5-15-16(11-13)26-8-3-7-25-15/h4-5,11-12,14H,3,6-10H2,1-2H3,(H,19,20)(H,21,22)/t14-/m0/s1. The first-order valence-corrected chi connectivity index (χ1v) is 10.5. The second kappa shape index (κ2) is 9.07. The molecule has 2 rings (SSSR count). The van der Waals surface area contributed by atoms with Crippen molar-refractivity contribution in [2.45, 2.75) is 44.0 Å². The Balaban J connectivity index is 2.00. The van der Waals surface area contributed by atoms with E-state index in [4.69, 9.17) is 14.6 Å². The zero-order valence-corrected chi connectivity index (χ0v) is 16.3. The maximum Gasteiger partial charge on any atom is 0.326 e. The van der Waals surface area contributed by atoms with Crippen molar-refractivity contribution in [3.05, 3.63) is 18.2 Å². The number of hydrogen-bond acceptors (Lipinski definition) is 6. The lowest BCUT2D eigenvalue weighted by Crippen LogP contribution is -2.42. The first-order chi connectivity index (χ1) is 12.7. The number of carboxylic acid groups (broad SMARTS) is 1. The van der Waals surface area contributed by atoms with Gasteiger partial charge in [0.1, 0.15) is 6.04 Å². The predicted molar refractivity (Wildman–Crippen MR) is 97.7 cm³/mol. The zero-order valence-electron chi connectivity index (χ0n) is 15.4. The fourth-order valence-electron chi connectivity index (χ4n) is 2.64. The molecule has 0 saturated heterocycles.